The number of benzene rings is 4. The predicted octanol–water partition coefficient (Wildman–Crippen LogP) is 4.13. The highest BCUT2D eigenvalue weighted by Gasteiger charge is 2.27. The number of nitro benzene ring substituents is 1. The quantitative estimate of drug-likeness (QED) is 0.114. The number of ether oxygens (including phenoxy) is 1. The summed E-state index contributed by atoms with van der Waals surface area (Å²) in [6.45, 7) is -0.960. The number of nitro groups is 1. The lowest BCUT2D eigenvalue weighted by molar-refractivity contribution is -0.384. The molecule has 0 aliphatic heterocycles. The summed E-state index contributed by atoms with van der Waals surface area (Å²) >= 11 is 0. The number of Topliss-reactive ketones (excluding diaryl/α,β-unsaturated/α-hetero) is 1. The van der Waals surface area contributed by atoms with Crippen molar-refractivity contribution >= 4 is 29.3 Å². The largest absolute Gasteiger partial charge is 0.448 e. The van der Waals surface area contributed by atoms with Crippen LogP contribution in [0.1, 0.15) is 39.1 Å². The molecule has 0 aliphatic carbocycles. The van der Waals surface area contributed by atoms with E-state index in [0.717, 1.165) is 11.1 Å². The molecule has 0 heterocycles. The van der Waals surface area contributed by atoms with E-state index >= 15 is 0 Å². The summed E-state index contributed by atoms with van der Waals surface area (Å²) in [6, 6.07) is 31.5. The first-order valence-electron chi connectivity index (χ1n) is 13.0. The van der Waals surface area contributed by atoms with Crippen molar-refractivity contribution < 1.29 is 28.8 Å². The maximum atomic E-state index is 13.2. The van der Waals surface area contributed by atoms with Gasteiger partial charge in [-0.25, -0.2) is 0 Å². The fourth-order valence-electron chi connectivity index (χ4n) is 4.26. The number of carbonyl (C=O) groups is 4. The zero-order valence-electron chi connectivity index (χ0n) is 22.3. The topological polar surface area (TPSA) is 145 Å². The molecule has 0 saturated carbocycles. The molecule has 0 fully saturated rings. The zero-order valence-corrected chi connectivity index (χ0v) is 22.3. The standard InChI is InChI=1S/C32H27N3O7/c36-27(20-34-32(39)29(22-10-4-1-5-11-22)23-12-6-2-7-13-23)33-21-28(37)42-31(30(38)24-14-8-3-9-15-24)25-16-18-26(19-17-25)35(40)41/h1-19,29,31H,20-21H2,(H,33,36)(H,34,39). The van der Waals surface area contributed by atoms with Crippen LogP contribution >= 0.6 is 0 Å². The van der Waals surface area contributed by atoms with Crippen molar-refractivity contribution in [3.63, 3.8) is 0 Å². The number of nitrogens with one attached hydrogen (secondary N) is 2. The lowest BCUT2D eigenvalue weighted by atomic mass is 9.90. The highest BCUT2D eigenvalue weighted by molar-refractivity contribution is 6.01. The fourth-order valence-corrected chi connectivity index (χ4v) is 4.26. The molecule has 212 valence electrons. The van der Waals surface area contributed by atoms with Gasteiger partial charge in [-0.15, -0.1) is 0 Å². The van der Waals surface area contributed by atoms with Crippen molar-refractivity contribution in [2.24, 2.45) is 0 Å². The predicted molar refractivity (Wildman–Crippen MR) is 153 cm³/mol. The van der Waals surface area contributed by atoms with Crippen LogP contribution in [0.2, 0.25) is 0 Å². The van der Waals surface area contributed by atoms with Crippen LogP contribution in [0.15, 0.2) is 115 Å². The Morgan fingerprint density at radius 3 is 1.71 bits per heavy atom. The van der Waals surface area contributed by atoms with Gasteiger partial charge in [-0.2, -0.15) is 0 Å². The maximum absolute atomic E-state index is 13.2. The van der Waals surface area contributed by atoms with Crippen LogP contribution in [0.3, 0.4) is 0 Å². The number of rotatable bonds is 12. The molecular weight excluding hydrogens is 538 g/mol. The Kier molecular flexibility index (Phi) is 9.87. The summed E-state index contributed by atoms with van der Waals surface area (Å²) in [7, 11) is 0. The molecule has 2 N–H and O–H groups in total. The average Bonchev–Trinajstić information content (AvgIpc) is 3.03. The maximum Gasteiger partial charge on any atom is 0.326 e. The van der Waals surface area contributed by atoms with Crippen LogP contribution in [-0.2, 0) is 19.1 Å². The second-order valence-electron chi connectivity index (χ2n) is 9.20. The van der Waals surface area contributed by atoms with Crippen molar-refractivity contribution in [1.29, 1.82) is 0 Å². The molecule has 10 heteroatoms. The first kappa shape index (κ1) is 29.3. The number of esters is 1. The molecule has 0 aliphatic rings. The minimum Gasteiger partial charge on any atom is -0.448 e. The molecule has 1 atom stereocenters. The van der Waals surface area contributed by atoms with Crippen molar-refractivity contribution in [2.45, 2.75) is 12.0 Å². The van der Waals surface area contributed by atoms with Gasteiger partial charge in [0, 0.05) is 23.3 Å². The molecule has 4 rings (SSSR count). The molecule has 1 unspecified atom stereocenters. The summed E-state index contributed by atoms with van der Waals surface area (Å²) in [5.74, 6) is -3.12. The molecule has 10 nitrogen and oxygen atoms in total. The lowest BCUT2D eigenvalue weighted by Crippen LogP contribution is -2.41. The highest BCUT2D eigenvalue weighted by atomic mass is 16.6. The Labute approximate surface area is 241 Å². The van der Waals surface area contributed by atoms with Crippen LogP contribution < -0.4 is 10.6 Å². The van der Waals surface area contributed by atoms with Crippen molar-refractivity contribution in [1.82, 2.24) is 10.6 Å². The van der Waals surface area contributed by atoms with E-state index in [9.17, 15) is 29.3 Å². The third-order valence-electron chi connectivity index (χ3n) is 6.33. The van der Waals surface area contributed by atoms with Crippen LogP contribution in [0, 0.1) is 10.1 Å². The highest BCUT2D eigenvalue weighted by Crippen LogP contribution is 2.26. The van der Waals surface area contributed by atoms with Crippen LogP contribution in [0.5, 0.6) is 0 Å². The van der Waals surface area contributed by atoms with E-state index in [-0.39, 0.29) is 16.8 Å². The molecule has 42 heavy (non-hydrogen) atoms. The molecule has 0 radical (unpaired) electrons. The molecule has 0 spiro atoms. The smallest absolute Gasteiger partial charge is 0.326 e. The van der Waals surface area contributed by atoms with Gasteiger partial charge >= 0.3 is 5.97 Å². The molecule has 0 saturated heterocycles. The third kappa shape index (κ3) is 7.72. The summed E-state index contributed by atoms with van der Waals surface area (Å²) in [6.07, 6.45) is -1.39. The van der Waals surface area contributed by atoms with Gasteiger partial charge in [0.25, 0.3) is 5.69 Å². The van der Waals surface area contributed by atoms with Gasteiger partial charge in [0.1, 0.15) is 6.54 Å². The lowest BCUT2D eigenvalue weighted by Gasteiger charge is -2.18. The van der Waals surface area contributed by atoms with Crippen LogP contribution in [0.25, 0.3) is 0 Å². The normalized spacial score (nSPS) is 11.3. The van der Waals surface area contributed by atoms with Gasteiger partial charge < -0.3 is 15.4 Å². The summed E-state index contributed by atoms with van der Waals surface area (Å²) in [4.78, 5) is 61.9. The molecule has 0 aromatic heterocycles. The van der Waals surface area contributed by atoms with Crippen molar-refractivity contribution in [3.05, 3.63) is 148 Å². The van der Waals surface area contributed by atoms with Crippen molar-refractivity contribution in [2.75, 3.05) is 13.1 Å². The Hall–Kier alpha value is -5.64. The van der Waals surface area contributed by atoms with Gasteiger partial charge in [0.15, 0.2) is 6.10 Å². The zero-order chi connectivity index (χ0) is 29.9. The first-order chi connectivity index (χ1) is 20.3. The SMILES string of the molecule is O=C(CNC(=O)C(c1ccccc1)c1ccccc1)NCC(=O)OC(C(=O)c1ccccc1)c1ccc([N+](=O)[O-])cc1. The van der Waals surface area contributed by atoms with Gasteiger partial charge in [-0.1, -0.05) is 91.0 Å². The second kappa shape index (κ2) is 14.1. The van der Waals surface area contributed by atoms with Crippen LogP contribution in [0.4, 0.5) is 5.69 Å². The number of non-ortho nitro benzene ring substituents is 1. The minimum absolute atomic E-state index is 0.188. The van der Waals surface area contributed by atoms with Crippen LogP contribution in [-0.4, -0.2) is 41.6 Å². The van der Waals surface area contributed by atoms with Gasteiger partial charge in [0.05, 0.1) is 17.4 Å². The molecule has 4 aromatic rings. The Morgan fingerprint density at radius 1 is 0.667 bits per heavy atom. The fraction of sp³-hybridized carbons (Fsp3) is 0.125. The van der Waals surface area contributed by atoms with E-state index in [0.29, 0.717) is 0 Å². The molecular formula is C32H27N3O7. The van der Waals surface area contributed by atoms with Gasteiger partial charge in [-0.3, -0.25) is 29.3 Å². The number of amides is 2. The minimum atomic E-state index is -1.39. The summed E-state index contributed by atoms with van der Waals surface area (Å²) in [5.41, 5.74) is 1.82. The summed E-state index contributed by atoms with van der Waals surface area (Å²) in [5, 5.41) is 16.0. The average molecular weight is 566 g/mol. The van der Waals surface area contributed by atoms with E-state index in [1.165, 1.54) is 24.3 Å². The molecule has 0 bridgehead atoms. The Balaban J connectivity index is 1.37. The Bertz CT molecular complexity index is 1500. The summed E-state index contributed by atoms with van der Waals surface area (Å²) < 4.78 is 5.42. The number of carbonyl (C=O) groups excluding carboxylic acids is 4. The van der Waals surface area contributed by atoms with E-state index < -0.39 is 53.6 Å². The number of ketones is 1. The monoisotopic (exact) mass is 565 g/mol. The van der Waals surface area contributed by atoms with E-state index in [4.69, 9.17) is 4.74 Å². The first-order valence-corrected chi connectivity index (χ1v) is 13.0. The second-order valence-corrected chi connectivity index (χ2v) is 9.20. The number of nitrogens with zero attached hydrogens (tertiary/aromatic N) is 1. The van der Waals surface area contributed by atoms with Crippen molar-refractivity contribution in [3.8, 4) is 0 Å². The van der Waals surface area contributed by atoms with Gasteiger partial charge in [0.2, 0.25) is 17.6 Å². The van der Waals surface area contributed by atoms with Gasteiger partial charge in [-0.05, 0) is 23.3 Å². The molecule has 2 amide bonds. The van der Waals surface area contributed by atoms with E-state index in [1.54, 1.807) is 30.3 Å². The Morgan fingerprint density at radius 2 is 1.19 bits per heavy atom. The third-order valence-corrected chi connectivity index (χ3v) is 6.33. The van der Waals surface area contributed by atoms with E-state index in [1.807, 2.05) is 60.7 Å². The number of hydrogen-bond acceptors (Lipinski definition) is 7. The number of hydrogen-bond donors (Lipinski definition) is 2. The molecule has 4 aromatic carbocycles. The van der Waals surface area contributed by atoms with E-state index in [2.05, 4.69) is 10.6 Å².